The second-order valence-electron chi connectivity index (χ2n) is 6.66. The number of hydrogen-bond donors (Lipinski definition) is 3. The smallest absolute Gasteiger partial charge is 0.272 e. The number of nitrogens with one attached hydrogen (secondary N) is 1. The third kappa shape index (κ3) is 4.71. The van der Waals surface area contributed by atoms with Crippen molar-refractivity contribution >= 4 is 11.6 Å². The molecule has 0 spiro atoms. The number of anilines is 1. The van der Waals surface area contributed by atoms with Crippen molar-refractivity contribution < 1.29 is 14.2 Å². The maximum atomic E-state index is 11.4. The average molecular weight is 306 g/mol. The van der Waals surface area contributed by atoms with Gasteiger partial charge in [-0.1, -0.05) is 25.5 Å². The van der Waals surface area contributed by atoms with E-state index in [1.54, 1.807) is 4.90 Å². The van der Waals surface area contributed by atoms with Crippen molar-refractivity contribution in [3.05, 3.63) is 29.8 Å². The van der Waals surface area contributed by atoms with Crippen LogP contribution in [0.4, 0.5) is 5.69 Å². The zero-order valence-electron chi connectivity index (χ0n) is 13.7. The maximum Gasteiger partial charge on any atom is 0.272 e. The number of unbranched alkanes of at least 4 members (excludes halogenated alkanes) is 1. The highest BCUT2D eigenvalue weighted by Crippen LogP contribution is 2.10. The standard InChI is InChI=1S/C17H28N4O/c1-2-3-10-21(14-17(19)22)11-8-20(9-12-21)13-15-4-6-16(18)7-5-15/h4-7H,2-3,8-14,18H2,1H3,(H-,19,22)/p+2. The summed E-state index contributed by atoms with van der Waals surface area (Å²) >= 11 is 0. The second kappa shape index (κ2) is 7.61. The summed E-state index contributed by atoms with van der Waals surface area (Å²) in [7, 11) is 0. The number of carbonyl (C=O) groups is 1. The summed E-state index contributed by atoms with van der Waals surface area (Å²) in [6.07, 6.45) is 2.33. The topological polar surface area (TPSA) is 73.5 Å². The van der Waals surface area contributed by atoms with E-state index in [1.807, 2.05) is 12.1 Å². The summed E-state index contributed by atoms with van der Waals surface area (Å²) in [6, 6.07) is 8.15. The fourth-order valence-electron chi connectivity index (χ4n) is 3.41. The van der Waals surface area contributed by atoms with E-state index in [2.05, 4.69) is 19.1 Å². The Morgan fingerprint density at radius 1 is 1.23 bits per heavy atom. The van der Waals surface area contributed by atoms with Crippen molar-refractivity contribution in [3.63, 3.8) is 0 Å². The summed E-state index contributed by atoms with van der Waals surface area (Å²) in [5, 5.41) is 0. The molecule has 1 fully saturated rings. The molecule has 5 N–H and O–H groups in total. The van der Waals surface area contributed by atoms with E-state index >= 15 is 0 Å². The predicted molar refractivity (Wildman–Crippen MR) is 89.1 cm³/mol. The SMILES string of the molecule is CCCC[N+]1(CC(N)=O)CC[NH+](Cc2ccc(N)cc2)CC1. The van der Waals surface area contributed by atoms with Crippen LogP contribution in [-0.4, -0.2) is 49.7 Å². The predicted octanol–water partition coefficient (Wildman–Crippen LogP) is -0.230. The van der Waals surface area contributed by atoms with E-state index in [9.17, 15) is 4.79 Å². The summed E-state index contributed by atoms with van der Waals surface area (Å²) < 4.78 is 0.883. The average Bonchev–Trinajstić information content (AvgIpc) is 2.49. The van der Waals surface area contributed by atoms with Crippen LogP contribution in [0.15, 0.2) is 24.3 Å². The Kier molecular flexibility index (Phi) is 5.80. The third-order valence-electron chi connectivity index (χ3n) is 4.79. The minimum absolute atomic E-state index is 0.168. The molecule has 0 atom stereocenters. The molecule has 2 rings (SSSR count). The highest BCUT2D eigenvalue weighted by Gasteiger charge is 2.35. The van der Waals surface area contributed by atoms with Crippen LogP contribution in [0.5, 0.6) is 0 Å². The monoisotopic (exact) mass is 306 g/mol. The van der Waals surface area contributed by atoms with E-state index in [1.165, 1.54) is 18.4 Å². The Morgan fingerprint density at radius 2 is 1.86 bits per heavy atom. The minimum Gasteiger partial charge on any atom is -0.399 e. The van der Waals surface area contributed by atoms with Crippen LogP contribution < -0.4 is 16.4 Å². The lowest BCUT2D eigenvalue weighted by molar-refractivity contribution is -1.02. The molecule has 1 saturated heterocycles. The van der Waals surface area contributed by atoms with Crippen molar-refractivity contribution in [3.8, 4) is 0 Å². The molecular formula is C17H30N4O+2. The fourth-order valence-corrected chi connectivity index (χ4v) is 3.41. The number of quaternary nitrogens is 2. The Balaban J connectivity index is 1.91. The van der Waals surface area contributed by atoms with Crippen LogP contribution in [0.2, 0.25) is 0 Å². The first kappa shape index (κ1) is 16.8. The van der Waals surface area contributed by atoms with Crippen LogP contribution in [0, 0.1) is 0 Å². The lowest BCUT2D eigenvalue weighted by Crippen LogP contribution is -3.14. The fraction of sp³-hybridized carbons (Fsp3) is 0.588. The van der Waals surface area contributed by atoms with Crippen molar-refractivity contribution in [1.29, 1.82) is 0 Å². The van der Waals surface area contributed by atoms with Crippen molar-refractivity contribution in [2.24, 2.45) is 5.73 Å². The molecule has 5 nitrogen and oxygen atoms in total. The molecule has 1 aromatic rings. The van der Waals surface area contributed by atoms with Crippen molar-refractivity contribution in [1.82, 2.24) is 0 Å². The largest absolute Gasteiger partial charge is 0.399 e. The molecule has 1 aromatic carbocycles. The van der Waals surface area contributed by atoms with Gasteiger partial charge in [-0.2, -0.15) is 0 Å². The van der Waals surface area contributed by atoms with Crippen LogP contribution in [0.25, 0.3) is 0 Å². The summed E-state index contributed by atoms with van der Waals surface area (Å²) in [5.74, 6) is -0.168. The Labute approximate surface area is 133 Å². The number of nitrogens with two attached hydrogens (primary N) is 2. The van der Waals surface area contributed by atoms with E-state index in [0.717, 1.165) is 49.4 Å². The highest BCUT2D eigenvalue weighted by atomic mass is 16.1. The van der Waals surface area contributed by atoms with Gasteiger partial charge in [-0.25, -0.2) is 0 Å². The molecule has 0 aromatic heterocycles. The van der Waals surface area contributed by atoms with Gasteiger partial charge >= 0.3 is 0 Å². The number of amides is 1. The van der Waals surface area contributed by atoms with Gasteiger partial charge in [0.25, 0.3) is 5.91 Å². The summed E-state index contributed by atoms with van der Waals surface area (Å²) in [4.78, 5) is 13.0. The number of nitrogens with zero attached hydrogens (tertiary/aromatic N) is 1. The van der Waals surface area contributed by atoms with Crippen molar-refractivity contribution in [2.45, 2.75) is 26.3 Å². The van der Waals surface area contributed by atoms with Crippen LogP contribution in [0.3, 0.4) is 0 Å². The quantitative estimate of drug-likeness (QED) is 0.481. The van der Waals surface area contributed by atoms with Crippen LogP contribution in [0.1, 0.15) is 25.3 Å². The van der Waals surface area contributed by atoms with Crippen LogP contribution >= 0.6 is 0 Å². The molecule has 1 heterocycles. The van der Waals surface area contributed by atoms with E-state index in [4.69, 9.17) is 11.5 Å². The number of hydrogen-bond acceptors (Lipinski definition) is 2. The molecule has 22 heavy (non-hydrogen) atoms. The first-order valence-electron chi connectivity index (χ1n) is 8.34. The molecule has 0 aliphatic carbocycles. The summed E-state index contributed by atoms with van der Waals surface area (Å²) in [6.45, 7) is 9.10. The van der Waals surface area contributed by atoms with Gasteiger partial charge in [0.15, 0.2) is 6.54 Å². The first-order valence-corrected chi connectivity index (χ1v) is 8.34. The van der Waals surface area contributed by atoms with Crippen LogP contribution in [-0.2, 0) is 11.3 Å². The number of benzene rings is 1. The normalized spacial score (nSPS) is 25.0. The highest BCUT2D eigenvalue weighted by molar-refractivity contribution is 5.74. The Morgan fingerprint density at radius 3 is 2.41 bits per heavy atom. The van der Waals surface area contributed by atoms with E-state index in [-0.39, 0.29) is 5.91 Å². The van der Waals surface area contributed by atoms with Gasteiger partial charge in [0, 0.05) is 11.3 Å². The number of nitrogen functional groups attached to an aromatic ring is 1. The Bertz CT molecular complexity index is 478. The number of carbonyl (C=O) groups excluding carboxylic acids is 1. The van der Waals surface area contributed by atoms with Gasteiger partial charge in [-0.3, -0.25) is 4.79 Å². The zero-order chi connectivity index (χ0) is 16.0. The minimum atomic E-state index is -0.168. The van der Waals surface area contributed by atoms with E-state index in [0.29, 0.717) is 6.54 Å². The number of primary amides is 1. The second-order valence-corrected chi connectivity index (χ2v) is 6.66. The molecule has 122 valence electrons. The molecule has 0 unspecified atom stereocenters. The molecule has 0 saturated carbocycles. The van der Waals surface area contributed by atoms with Gasteiger partial charge < -0.3 is 20.9 Å². The maximum absolute atomic E-state index is 11.4. The molecular weight excluding hydrogens is 276 g/mol. The van der Waals surface area contributed by atoms with E-state index < -0.39 is 0 Å². The molecule has 1 aliphatic heterocycles. The molecule has 5 heteroatoms. The third-order valence-corrected chi connectivity index (χ3v) is 4.79. The lowest BCUT2D eigenvalue weighted by Gasteiger charge is -2.42. The van der Waals surface area contributed by atoms with Gasteiger partial charge in [0.05, 0.1) is 6.54 Å². The number of piperazine rings is 1. The van der Waals surface area contributed by atoms with Crippen molar-refractivity contribution in [2.75, 3.05) is 45.0 Å². The Hall–Kier alpha value is -1.59. The van der Waals surface area contributed by atoms with Gasteiger partial charge in [0.2, 0.25) is 0 Å². The lowest BCUT2D eigenvalue weighted by atomic mass is 10.1. The number of rotatable bonds is 7. The first-order chi connectivity index (χ1) is 10.5. The molecule has 1 aliphatic rings. The zero-order valence-corrected chi connectivity index (χ0v) is 13.7. The molecule has 0 radical (unpaired) electrons. The molecule has 0 bridgehead atoms. The summed E-state index contributed by atoms with van der Waals surface area (Å²) in [5.41, 5.74) is 13.4. The van der Waals surface area contributed by atoms with Gasteiger partial charge in [-0.05, 0) is 18.6 Å². The van der Waals surface area contributed by atoms with Gasteiger partial charge in [-0.15, -0.1) is 0 Å². The molecule has 1 amide bonds. The van der Waals surface area contributed by atoms with Gasteiger partial charge in [0.1, 0.15) is 32.7 Å².